The Morgan fingerprint density at radius 1 is 1.20 bits per heavy atom. The second kappa shape index (κ2) is 5.31. The molecule has 0 aliphatic carbocycles. The highest BCUT2D eigenvalue weighted by Crippen LogP contribution is 2.18. The van der Waals surface area contributed by atoms with Gasteiger partial charge in [0.1, 0.15) is 12.4 Å². The van der Waals surface area contributed by atoms with Crippen LogP contribution in [0.5, 0.6) is 5.75 Å². The van der Waals surface area contributed by atoms with Crippen LogP contribution in [0.4, 0.5) is 0 Å². The van der Waals surface area contributed by atoms with E-state index in [-0.39, 0.29) is 0 Å². The standard InChI is InChI=1S/C16H17BO3/c1-11-3-4-13(12(2)7-11)9-19-15-6-5-14-10-20-17(18)16(14)8-15/h3-8,18H,9-10H2,1-2H3. The third-order valence-electron chi connectivity index (χ3n) is 3.67. The molecule has 0 spiro atoms. The van der Waals surface area contributed by atoms with Crippen molar-refractivity contribution in [2.24, 2.45) is 0 Å². The van der Waals surface area contributed by atoms with Crippen LogP contribution in [0, 0.1) is 13.8 Å². The molecule has 0 saturated carbocycles. The molecule has 2 aromatic rings. The lowest BCUT2D eigenvalue weighted by atomic mass is 9.79. The Balaban J connectivity index is 1.74. The third-order valence-corrected chi connectivity index (χ3v) is 3.67. The van der Waals surface area contributed by atoms with E-state index in [1.54, 1.807) is 0 Å². The fraction of sp³-hybridized carbons (Fsp3) is 0.250. The summed E-state index contributed by atoms with van der Waals surface area (Å²) in [5.74, 6) is 0.758. The second-order valence-corrected chi connectivity index (χ2v) is 5.24. The zero-order valence-corrected chi connectivity index (χ0v) is 11.7. The van der Waals surface area contributed by atoms with Crippen molar-refractivity contribution in [1.29, 1.82) is 0 Å². The monoisotopic (exact) mass is 268 g/mol. The lowest BCUT2D eigenvalue weighted by molar-refractivity contribution is 0.275. The van der Waals surface area contributed by atoms with Crippen LogP contribution in [0.25, 0.3) is 0 Å². The van der Waals surface area contributed by atoms with Gasteiger partial charge in [-0.05, 0) is 48.1 Å². The Labute approximate surface area is 119 Å². The fourth-order valence-electron chi connectivity index (χ4n) is 2.45. The van der Waals surface area contributed by atoms with E-state index in [0.29, 0.717) is 13.2 Å². The highest BCUT2D eigenvalue weighted by Gasteiger charge is 2.27. The minimum Gasteiger partial charge on any atom is -0.489 e. The molecular formula is C16H17BO3. The molecule has 0 saturated heterocycles. The maximum Gasteiger partial charge on any atom is 0.491 e. The van der Waals surface area contributed by atoms with Crippen molar-refractivity contribution in [3.63, 3.8) is 0 Å². The van der Waals surface area contributed by atoms with Gasteiger partial charge in [-0.25, -0.2) is 0 Å². The van der Waals surface area contributed by atoms with Gasteiger partial charge < -0.3 is 14.4 Å². The van der Waals surface area contributed by atoms with Crippen LogP contribution >= 0.6 is 0 Å². The van der Waals surface area contributed by atoms with Crippen molar-refractivity contribution in [1.82, 2.24) is 0 Å². The van der Waals surface area contributed by atoms with E-state index in [0.717, 1.165) is 16.8 Å². The first-order valence-electron chi connectivity index (χ1n) is 6.75. The largest absolute Gasteiger partial charge is 0.491 e. The van der Waals surface area contributed by atoms with Crippen molar-refractivity contribution in [3.8, 4) is 5.75 Å². The maximum atomic E-state index is 9.69. The predicted molar refractivity (Wildman–Crippen MR) is 79.1 cm³/mol. The average molecular weight is 268 g/mol. The van der Waals surface area contributed by atoms with Gasteiger partial charge in [-0.15, -0.1) is 0 Å². The lowest BCUT2D eigenvalue weighted by Crippen LogP contribution is -2.27. The van der Waals surface area contributed by atoms with Gasteiger partial charge in [-0.1, -0.05) is 29.8 Å². The lowest BCUT2D eigenvalue weighted by Gasteiger charge is -2.10. The van der Waals surface area contributed by atoms with Crippen molar-refractivity contribution in [2.45, 2.75) is 27.1 Å². The fourth-order valence-corrected chi connectivity index (χ4v) is 2.45. The molecule has 3 nitrogen and oxygen atoms in total. The van der Waals surface area contributed by atoms with Crippen molar-refractivity contribution in [2.75, 3.05) is 0 Å². The smallest absolute Gasteiger partial charge is 0.489 e. The topological polar surface area (TPSA) is 38.7 Å². The number of rotatable bonds is 3. The zero-order valence-electron chi connectivity index (χ0n) is 11.7. The SMILES string of the molecule is Cc1ccc(COc2ccc3c(c2)B(O)OC3)c(C)c1. The summed E-state index contributed by atoms with van der Waals surface area (Å²) < 4.78 is 11.0. The first kappa shape index (κ1) is 13.2. The number of hydrogen-bond donors (Lipinski definition) is 1. The maximum absolute atomic E-state index is 9.69. The molecule has 102 valence electrons. The van der Waals surface area contributed by atoms with E-state index in [1.807, 2.05) is 18.2 Å². The molecule has 0 amide bonds. The Hall–Kier alpha value is -1.78. The van der Waals surface area contributed by atoms with Crippen molar-refractivity contribution < 1.29 is 14.4 Å². The highest BCUT2D eigenvalue weighted by molar-refractivity contribution is 6.61. The van der Waals surface area contributed by atoms with E-state index in [9.17, 15) is 5.02 Å². The summed E-state index contributed by atoms with van der Waals surface area (Å²) in [6.07, 6.45) is 0. The molecular weight excluding hydrogens is 251 g/mol. The van der Waals surface area contributed by atoms with Gasteiger partial charge in [-0.3, -0.25) is 0 Å². The van der Waals surface area contributed by atoms with Crippen molar-refractivity contribution in [3.05, 3.63) is 58.7 Å². The minimum absolute atomic E-state index is 0.466. The van der Waals surface area contributed by atoms with Crippen LogP contribution in [0.3, 0.4) is 0 Å². The first-order valence-corrected chi connectivity index (χ1v) is 6.75. The predicted octanol–water partition coefficient (Wildman–Crippen LogP) is 2.10. The molecule has 1 heterocycles. The highest BCUT2D eigenvalue weighted by atomic mass is 16.5. The van der Waals surface area contributed by atoms with E-state index >= 15 is 0 Å². The Bertz CT molecular complexity index is 640. The average Bonchev–Trinajstić information content (AvgIpc) is 2.79. The molecule has 0 unspecified atom stereocenters. The molecule has 0 radical (unpaired) electrons. The molecule has 1 aliphatic heterocycles. The van der Waals surface area contributed by atoms with Gasteiger partial charge in [0.15, 0.2) is 0 Å². The quantitative estimate of drug-likeness (QED) is 0.866. The van der Waals surface area contributed by atoms with Crippen LogP contribution in [0.15, 0.2) is 36.4 Å². The van der Waals surface area contributed by atoms with Gasteiger partial charge in [0.05, 0.1) is 6.61 Å². The van der Waals surface area contributed by atoms with E-state index < -0.39 is 7.12 Å². The number of ether oxygens (including phenoxy) is 1. The molecule has 20 heavy (non-hydrogen) atoms. The summed E-state index contributed by atoms with van der Waals surface area (Å²) in [7, 11) is -0.824. The number of hydrogen-bond acceptors (Lipinski definition) is 3. The molecule has 0 atom stereocenters. The summed E-state index contributed by atoms with van der Waals surface area (Å²) in [5.41, 5.74) is 5.49. The molecule has 1 aliphatic rings. The van der Waals surface area contributed by atoms with Crippen LogP contribution in [0.2, 0.25) is 0 Å². The van der Waals surface area contributed by atoms with Gasteiger partial charge >= 0.3 is 7.12 Å². The van der Waals surface area contributed by atoms with Crippen LogP contribution in [0.1, 0.15) is 22.3 Å². The molecule has 3 rings (SSSR count). The molecule has 0 aromatic heterocycles. The van der Waals surface area contributed by atoms with Gasteiger partial charge in [0, 0.05) is 0 Å². The van der Waals surface area contributed by atoms with E-state index in [4.69, 9.17) is 9.39 Å². The molecule has 2 aromatic carbocycles. The Morgan fingerprint density at radius 3 is 2.85 bits per heavy atom. The number of benzene rings is 2. The Kier molecular flexibility index (Phi) is 3.51. The summed E-state index contributed by atoms with van der Waals surface area (Å²) in [5, 5.41) is 9.69. The molecule has 0 fully saturated rings. The molecule has 4 heteroatoms. The summed E-state index contributed by atoms with van der Waals surface area (Å²) in [4.78, 5) is 0. The van der Waals surface area contributed by atoms with Gasteiger partial charge in [-0.2, -0.15) is 0 Å². The summed E-state index contributed by atoms with van der Waals surface area (Å²) in [6, 6.07) is 12.1. The number of fused-ring (bicyclic) bond motifs is 1. The molecule has 0 bridgehead atoms. The van der Waals surface area contributed by atoms with E-state index in [1.165, 1.54) is 16.7 Å². The van der Waals surface area contributed by atoms with E-state index in [2.05, 4.69) is 32.0 Å². The van der Waals surface area contributed by atoms with Gasteiger partial charge in [0.25, 0.3) is 0 Å². The summed E-state index contributed by atoms with van der Waals surface area (Å²) >= 11 is 0. The number of aryl methyl sites for hydroxylation is 2. The van der Waals surface area contributed by atoms with Crippen LogP contribution in [-0.4, -0.2) is 12.1 Å². The zero-order chi connectivity index (χ0) is 14.1. The Morgan fingerprint density at radius 2 is 2.05 bits per heavy atom. The van der Waals surface area contributed by atoms with Crippen LogP contribution < -0.4 is 10.2 Å². The second-order valence-electron chi connectivity index (χ2n) is 5.24. The normalized spacial score (nSPS) is 13.4. The minimum atomic E-state index is -0.824. The van der Waals surface area contributed by atoms with Crippen LogP contribution in [-0.2, 0) is 17.9 Å². The van der Waals surface area contributed by atoms with Crippen molar-refractivity contribution >= 4 is 12.6 Å². The summed E-state index contributed by atoms with van der Waals surface area (Å²) in [6.45, 7) is 5.17. The molecule has 1 N–H and O–H groups in total. The third kappa shape index (κ3) is 2.57. The van der Waals surface area contributed by atoms with Gasteiger partial charge in [0.2, 0.25) is 0 Å². The first-order chi connectivity index (χ1) is 9.63.